The van der Waals surface area contributed by atoms with Gasteiger partial charge in [-0.2, -0.15) is 15.1 Å². The zero-order valence-corrected chi connectivity index (χ0v) is 28.1. The SMILES string of the molecule is C=CC(=O)N1CC2(CCN(c3nc(OC4CCN(CC)CC4)nc4c(OCC)c(-c5c(C)c(F)cc6[nH]ncc56)c(C=C)cc34)CC2)C1. The molecule has 0 bridgehead atoms. The fraction of sp³-hybridized carbons (Fsp3) is 0.459. The average Bonchev–Trinajstić information content (AvgIpc) is 3.55. The van der Waals surface area contributed by atoms with E-state index in [1.165, 1.54) is 12.1 Å². The number of carbonyl (C=O) groups excluding carboxylic acids is 1. The molecular formula is C37H44FN7O3. The van der Waals surface area contributed by atoms with Crippen LogP contribution in [-0.2, 0) is 4.79 Å². The first kappa shape index (κ1) is 32.1. The first-order valence-corrected chi connectivity index (χ1v) is 17.1. The van der Waals surface area contributed by atoms with Gasteiger partial charge in [-0.25, -0.2) is 4.39 Å². The summed E-state index contributed by atoms with van der Waals surface area (Å²) in [6.45, 7) is 20.1. The van der Waals surface area contributed by atoms with E-state index in [9.17, 15) is 4.79 Å². The lowest BCUT2D eigenvalue weighted by Crippen LogP contribution is -2.61. The van der Waals surface area contributed by atoms with E-state index in [0.717, 1.165) is 93.7 Å². The van der Waals surface area contributed by atoms with Gasteiger partial charge in [0.15, 0.2) is 5.75 Å². The lowest BCUT2D eigenvalue weighted by atomic mass is 9.72. The highest BCUT2D eigenvalue weighted by Gasteiger charge is 2.46. The largest absolute Gasteiger partial charge is 0.491 e. The molecule has 48 heavy (non-hydrogen) atoms. The van der Waals surface area contributed by atoms with Crippen LogP contribution in [-0.4, -0.2) is 94.4 Å². The Hall–Kier alpha value is -4.51. The van der Waals surface area contributed by atoms with Gasteiger partial charge in [-0.15, -0.1) is 0 Å². The summed E-state index contributed by atoms with van der Waals surface area (Å²) in [5.41, 5.74) is 4.03. The molecule has 0 atom stereocenters. The Balaban J connectivity index is 1.36. The molecule has 3 fully saturated rings. The summed E-state index contributed by atoms with van der Waals surface area (Å²) in [5, 5.41) is 8.78. The molecule has 3 aliphatic rings. The molecule has 0 aliphatic carbocycles. The quantitative estimate of drug-likeness (QED) is 0.215. The Morgan fingerprint density at radius 2 is 1.83 bits per heavy atom. The average molecular weight is 654 g/mol. The molecule has 7 rings (SSSR count). The van der Waals surface area contributed by atoms with Crippen molar-refractivity contribution >= 4 is 39.6 Å². The molecule has 3 aliphatic heterocycles. The molecule has 5 heterocycles. The van der Waals surface area contributed by atoms with Gasteiger partial charge in [-0.05, 0) is 75.4 Å². The third-order valence-electron chi connectivity index (χ3n) is 10.6. The Morgan fingerprint density at radius 3 is 2.50 bits per heavy atom. The molecule has 2 aromatic carbocycles. The van der Waals surface area contributed by atoms with Crippen LogP contribution >= 0.6 is 0 Å². The number of aromatic nitrogens is 4. The third kappa shape index (κ3) is 5.57. The van der Waals surface area contributed by atoms with E-state index in [-0.39, 0.29) is 23.2 Å². The summed E-state index contributed by atoms with van der Waals surface area (Å²) in [5.74, 6) is 0.987. The molecule has 252 valence electrons. The number of nitrogens with one attached hydrogen (secondary N) is 1. The number of aromatic amines is 1. The fourth-order valence-corrected chi connectivity index (χ4v) is 7.75. The number of piperidine rings is 2. The van der Waals surface area contributed by atoms with Gasteiger partial charge >= 0.3 is 6.01 Å². The van der Waals surface area contributed by atoms with E-state index in [1.807, 2.05) is 17.9 Å². The van der Waals surface area contributed by atoms with E-state index >= 15 is 4.39 Å². The van der Waals surface area contributed by atoms with E-state index in [4.69, 9.17) is 19.4 Å². The molecule has 1 spiro atoms. The fourth-order valence-electron chi connectivity index (χ4n) is 7.75. The second-order valence-corrected chi connectivity index (χ2v) is 13.4. The molecule has 10 nitrogen and oxygen atoms in total. The zero-order valence-electron chi connectivity index (χ0n) is 28.1. The van der Waals surface area contributed by atoms with Crippen LogP contribution < -0.4 is 14.4 Å². The topological polar surface area (TPSA) is 99.7 Å². The lowest BCUT2D eigenvalue weighted by Gasteiger charge is -2.54. The maximum absolute atomic E-state index is 15.4. The molecule has 1 amide bonds. The number of ether oxygens (including phenoxy) is 2. The summed E-state index contributed by atoms with van der Waals surface area (Å²) < 4.78 is 28.5. The van der Waals surface area contributed by atoms with Crippen LogP contribution in [0.4, 0.5) is 10.2 Å². The number of hydrogen-bond donors (Lipinski definition) is 1. The molecule has 4 aromatic rings. The minimum atomic E-state index is -0.336. The first-order chi connectivity index (χ1) is 23.3. The number of carbonyl (C=O) groups is 1. The first-order valence-electron chi connectivity index (χ1n) is 17.1. The number of hydrogen-bond acceptors (Lipinski definition) is 8. The van der Waals surface area contributed by atoms with E-state index in [2.05, 4.69) is 40.1 Å². The van der Waals surface area contributed by atoms with Crippen molar-refractivity contribution in [2.75, 3.05) is 57.3 Å². The molecule has 0 unspecified atom stereocenters. The highest BCUT2D eigenvalue weighted by molar-refractivity contribution is 6.07. The Kier molecular flexibility index (Phi) is 8.57. The predicted molar refractivity (Wildman–Crippen MR) is 187 cm³/mol. The zero-order chi connectivity index (χ0) is 33.6. The monoisotopic (exact) mass is 653 g/mol. The van der Waals surface area contributed by atoms with Crippen molar-refractivity contribution < 1.29 is 18.7 Å². The summed E-state index contributed by atoms with van der Waals surface area (Å²) in [6.07, 6.45) is 8.59. The maximum Gasteiger partial charge on any atom is 0.319 e. The van der Waals surface area contributed by atoms with Gasteiger partial charge in [0.05, 0.1) is 18.3 Å². The number of halogens is 1. The highest BCUT2D eigenvalue weighted by Crippen LogP contribution is 2.48. The van der Waals surface area contributed by atoms with Crippen LogP contribution in [0.5, 0.6) is 11.8 Å². The standard InChI is InChI=1S/C37H44FN7O3/c1-6-24-18-26-33(34(47-9-4)32(24)31-23(5)28(38)19-29-27(31)20-39-42-29)40-36(48-25-10-14-43(8-3)15-11-25)41-35(26)44-16-12-37(13-17-44)21-45(22-37)30(46)7-2/h6-7,18-20,25H,1-2,8-17,21-22H2,3-5H3,(H,39,42). The third-order valence-corrected chi connectivity index (χ3v) is 10.6. The van der Waals surface area contributed by atoms with E-state index in [0.29, 0.717) is 46.1 Å². The van der Waals surface area contributed by atoms with Crippen molar-refractivity contribution in [2.24, 2.45) is 5.41 Å². The Labute approximate surface area is 280 Å². The van der Waals surface area contributed by atoms with E-state index in [1.54, 1.807) is 19.2 Å². The maximum atomic E-state index is 15.4. The smallest absolute Gasteiger partial charge is 0.319 e. The molecular weight excluding hydrogens is 609 g/mol. The number of likely N-dealkylation sites (tertiary alicyclic amines) is 2. The second kappa shape index (κ2) is 12.8. The lowest BCUT2D eigenvalue weighted by molar-refractivity contribution is -0.139. The van der Waals surface area contributed by atoms with Gasteiger partial charge in [0.1, 0.15) is 23.3 Å². The van der Waals surface area contributed by atoms with E-state index < -0.39 is 0 Å². The molecule has 3 saturated heterocycles. The van der Waals surface area contributed by atoms with Gasteiger partial charge in [-0.1, -0.05) is 26.2 Å². The van der Waals surface area contributed by atoms with Crippen molar-refractivity contribution in [2.45, 2.75) is 52.6 Å². The molecule has 0 radical (unpaired) electrons. The minimum Gasteiger partial charge on any atom is -0.491 e. The normalized spacial score (nSPS) is 18.3. The van der Waals surface area contributed by atoms with Crippen LogP contribution in [0.25, 0.3) is 39.0 Å². The van der Waals surface area contributed by atoms with Crippen molar-refractivity contribution in [1.29, 1.82) is 0 Å². The Morgan fingerprint density at radius 1 is 1.08 bits per heavy atom. The molecule has 1 N–H and O–H groups in total. The van der Waals surface area contributed by atoms with Gasteiger partial charge in [-0.3, -0.25) is 9.89 Å². The van der Waals surface area contributed by atoms with Crippen LogP contribution in [0.3, 0.4) is 0 Å². The van der Waals surface area contributed by atoms with Crippen molar-refractivity contribution in [3.63, 3.8) is 0 Å². The number of nitrogens with zero attached hydrogens (tertiary/aromatic N) is 6. The molecule has 11 heteroatoms. The number of anilines is 1. The van der Waals surface area contributed by atoms with Crippen LogP contribution in [0.15, 0.2) is 37.6 Å². The van der Waals surface area contributed by atoms with Crippen molar-refractivity contribution in [1.82, 2.24) is 30.0 Å². The number of rotatable bonds is 9. The number of amides is 1. The minimum absolute atomic E-state index is 0.00422. The molecule has 2 aromatic heterocycles. The van der Waals surface area contributed by atoms with Gasteiger partial charge in [0.2, 0.25) is 5.91 Å². The summed E-state index contributed by atoms with van der Waals surface area (Å²) in [4.78, 5) is 28.9. The predicted octanol–water partition coefficient (Wildman–Crippen LogP) is 6.14. The van der Waals surface area contributed by atoms with Gasteiger partial charge in [0, 0.05) is 66.6 Å². The van der Waals surface area contributed by atoms with Crippen LogP contribution in [0, 0.1) is 18.2 Å². The molecule has 0 saturated carbocycles. The second-order valence-electron chi connectivity index (χ2n) is 13.4. The summed E-state index contributed by atoms with van der Waals surface area (Å²) in [6, 6.07) is 3.85. The van der Waals surface area contributed by atoms with Crippen LogP contribution in [0.2, 0.25) is 0 Å². The van der Waals surface area contributed by atoms with Gasteiger partial charge < -0.3 is 24.2 Å². The summed E-state index contributed by atoms with van der Waals surface area (Å²) >= 11 is 0. The highest BCUT2D eigenvalue weighted by atomic mass is 19.1. The van der Waals surface area contributed by atoms with Crippen LogP contribution in [0.1, 0.15) is 50.7 Å². The Bertz CT molecular complexity index is 1880. The number of H-pyrrole nitrogens is 1. The number of benzene rings is 2. The van der Waals surface area contributed by atoms with Gasteiger partial charge in [0.25, 0.3) is 0 Å². The van der Waals surface area contributed by atoms with Crippen molar-refractivity contribution in [3.8, 4) is 22.9 Å². The summed E-state index contributed by atoms with van der Waals surface area (Å²) in [7, 11) is 0. The number of fused-ring (bicyclic) bond motifs is 2. The van der Waals surface area contributed by atoms with Crippen molar-refractivity contribution in [3.05, 3.63) is 54.5 Å².